The van der Waals surface area contributed by atoms with Gasteiger partial charge in [-0.1, -0.05) is 184 Å². The number of carbonyl (C=O) groups excluding carboxylic acids is 1. The summed E-state index contributed by atoms with van der Waals surface area (Å²) in [4.78, 5) is 23.0. The molecule has 3 N–H and O–H groups in total. The van der Waals surface area contributed by atoms with Crippen LogP contribution in [0.1, 0.15) is 200 Å². The Morgan fingerprint density at radius 2 is 1.04 bits per heavy atom. The van der Waals surface area contributed by atoms with Gasteiger partial charge in [0.25, 0.3) is 0 Å². The van der Waals surface area contributed by atoms with Crippen molar-refractivity contribution in [3.8, 4) is 0 Å². The Morgan fingerprint density at radius 3 is 1.56 bits per heavy atom. The largest absolute Gasteiger partial charge is 0.472 e. The second kappa shape index (κ2) is 39.9. The number of nitrogens with one attached hydrogen (secondary N) is 1. The smallest absolute Gasteiger partial charge is 0.387 e. The van der Waals surface area contributed by atoms with Crippen molar-refractivity contribution in [2.24, 2.45) is 0 Å². The number of allylic oxidation sites excluding steroid dienone is 7. The molecule has 0 aromatic carbocycles. The van der Waals surface area contributed by atoms with Crippen LogP contribution in [0.5, 0.6) is 0 Å². The van der Waals surface area contributed by atoms with Crippen molar-refractivity contribution in [1.82, 2.24) is 5.32 Å². The van der Waals surface area contributed by atoms with Crippen molar-refractivity contribution in [1.29, 1.82) is 0 Å². The Morgan fingerprint density at radius 1 is 0.596 bits per heavy atom. The number of nitrogens with zero attached hydrogens (tertiary/aromatic N) is 1. The lowest BCUT2D eigenvalue weighted by Gasteiger charge is -2.25. The first-order valence-corrected chi connectivity index (χ1v) is 25.0. The van der Waals surface area contributed by atoms with Gasteiger partial charge in [-0.05, 0) is 57.8 Å². The van der Waals surface area contributed by atoms with E-state index in [1.807, 2.05) is 27.2 Å². The number of aliphatic hydroxyl groups excluding tert-OH is 1. The first-order valence-electron chi connectivity index (χ1n) is 23.5. The maximum absolute atomic E-state index is 12.8. The molecule has 8 nitrogen and oxygen atoms in total. The van der Waals surface area contributed by atoms with E-state index in [0.717, 1.165) is 44.9 Å². The predicted octanol–water partition coefficient (Wildman–Crippen LogP) is 13.2. The van der Waals surface area contributed by atoms with Crippen LogP contribution in [-0.2, 0) is 18.4 Å². The van der Waals surface area contributed by atoms with Gasteiger partial charge in [0.05, 0.1) is 39.9 Å². The van der Waals surface area contributed by atoms with Gasteiger partial charge in [-0.3, -0.25) is 13.8 Å². The highest BCUT2D eigenvalue weighted by Gasteiger charge is 2.27. The number of aliphatic hydroxyl groups is 1. The van der Waals surface area contributed by atoms with Crippen LogP contribution in [0.4, 0.5) is 0 Å². The van der Waals surface area contributed by atoms with Crippen molar-refractivity contribution < 1.29 is 32.9 Å². The lowest BCUT2D eigenvalue weighted by Crippen LogP contribution is -2.45. The normalized spacial score (nSPS) is 14.7. The zero-order chi connectivity index (χ0) is 42.1. The molecule has 0 radical (unpaired) electrons. The fourth-order valence-corrected chi connectivity index (χ4v) is 7.22. The van der Waals surface area contributed by atoms with E-state index in [0.29, 0.717) is 17.4 Å². The third kappa shape index (κ3) is 42.4. The molecule has 3 unspecified atom stereocenters. The van der Waals surface area contributed by atoms with Crippen LogP contribution in [0.3, 0.4) is 0 Å². The molecule has 0 bridgehead atoms. The van der Waals surface area contributed by atoms with Crippen molar-refractivity contribution in [2.75, 3.05) is 40.9 Å². The maximum atomic E-state index is 12.8. The first kappa shape index (κ1) is 55.5. The lowest BCUT2D eigenvalue weighted by atomic mass is 10.0. The molecule has 0 spiro atoms. The standard InChI is InChI=1S/C48H91N2O6P/c1-6-8-10-12-14-16-17-18-19-20-21-22-23-24-25-26-27-28-29-30-31-32-33-34-36-38-40-42-48(52)49-46(45-56-57(53,54)55-44-43-50(3,4)5)47(51)41-39-37-35-15-13-11-9-7-2/h13,15,17-18,20-21,39,41,46-47,51H,6-12,14,16,19,22-38,40,42-45H2,1-5H3,(H-,49,52,53,54)/p+1/b15-13+,18-17-,21-20-,41-39+. The molecule has 3 atom stereocenters. The molecule has 0 aromatic heterocycles. The minimum atomic E-state index is -4.34. The fourth-order valence-electron chi connectivity index (χ4n) is 6.48. The summed E-state index contributed by atoms with van der Waals surface area (Å²) in [6.07, 6.45) is 50.8. The number of phosphoric acid groups is 1. The SMILES string of the molecule is CCCC/C=C/CC/C=C/C(O)C(COP(=O)(O)OCC[N+](C)(C)C)NC(=O)CCCCCCCCCCCCCCCCC/C=C\C/C=C\CCCCCCC. The van der Waals surface area contributed by atoms with Gasteiger partial charge in [0.2, 0.25) is 5.91 Å². The van der Waals surface area contributed by atoms with Gasteiger partial charge < -0.3 is 19.8 Å². The highest BCUT2D eigenvalue weighted by atomic mass is 31.2. The van der Waals surface area contributed by atoms with Gasteiger partial charge in [-0.25, -0.2) is 4.57 Å². The summed E-state index contributed by atoms with van der Waals surface area (Å²) in [7, 11) is 1.55. The van der Waals surface area contributed by atoms with Gasteiger partial charge in [0.15, 0.2) is 0 Å². The minimum absolute atomic E-state index is 0.0551. The molecule has 57 heavy (non-hydrogen) atoms. The summed E-state index contributed by atoms with van der Waals surface area (Å²) >= 11 is 0. The minimum Gasteiger partial charge on any atom is -0.387 e. The topological polar surface area (TPSA) is 105 Å². The number of phosphoric ester groups is 1. The molecule has 0 aromatic rings. The van der Waals surface area contributed by atoms with Crippen LogP contribution in [-0.4, -0.2) is 73.4 Å². The van der Waals surface area contributed by atoms with Crippen molar-refractivity contribution in [2.45, 2.75) is 212 Å². The Hall–Kier alpha value is -1.54. The van der Waals surface area contributed by atoms with Crippen molar-refractivity contribution in [3.05, 3.63) is 48.6 Å². The quantitative estimate of drug-likeness (QED) is 0.0245. The van der Waals surface area contributed by atoms with E-state index in [1.54, 1.807) is 6.08 Å². The molecule has 0 heterocycles. The molecule has 9 heteroatoms. The molecule has 0 saturated carbocycles. The number of hydrogen-bond acceptors (Lipinski definition) is 5. The molecule has 1 amide bonds. The number of unbranched alkanes of at least 4 members (excludes halogenated alkanes) is 23. The van der Waals surface area contributed by atoms with E-state index < -0.39 is 20.0 Å². The predicted molar refractivity (Wildman–Crippen MR) is 244 cm³/mol. The lowest BCUT2D eigenvalue weighted by molar-refractivity contribution is -0.870. The summed E-state index contributed by atoms with van der Waals surface area (Å²) < 4.78 is 23.4. The number of amides is 1. The molecule has 334 valence electrons. The number of quaternary nitrogens is 1. The Labute approximate surface area is 352 Å². The van der Waals surface area contributed by atoms with E-state index in [4.69, 9.17) is 9.05 Å². The van der Waals surface area contributed by atoms with E-state index in [9.17, 15) is 19.4 Å². The second-order valence-corrected chi connectivity index (χ2v) is 18.6. The van der Waals surface area contributed by atoms with Crippen molar-refractivity contribution >= 4 is 13.7 Å². The van der Waals surface area contributed by atoms with E-state index >= 15 is 0 Å². The maximum Gasteiger partial charge on any atom is 0.472 e. The fraction of sp³-hybridized carbons (Fsp3) is 0.812. The molecular formula is C48H92N2O6P+. The number of hydrogen-bond donors (Lipinski definition) is 3. The molecule has 0 aliphatic heterocycles. The summed E-state index contributed by atoms with van der Waals surface area (Å²) in [6, 6.07) is -0.860. The van der Waals surface area contributed by atoms with E-state index in [2.05, 4.69) is 55.6 Å². The van der Waals surface area contributed by atoms with Gasteiger partial charge in [0, 0.05) is 6.42 Å². The Kier molecular flexibility index (Phi) is 38.8. The third-order valence-corrected chi connectivity index (χ3v) is 11.3. The molecule has 0 fully saturated rings. The first-order chi connectivity index (χ1) is 27.5. The third-order valence-electron chi connectivity index (χ3n) is 10.3. The van der Waals surface area contributed by atoms with Gasteiger partial charge in [0.1, 0.15) is 13.2 Å². The Balaban J connectivity index is 4.07. The summed E-state index contributed by atoms with van der Waals surface area (Å²) in [6.45, 7) is 4.70. The summed E-state index contributed by atoms with van der Waals surface area (Å²) in [5.41, 5.74) is 0. The molecular weight excluding hydrogens is 732 g/mol. The highest BCUT2D eigenvalue weighted by Crippen LogP contribution is 2.43. The number of rotatable bonds is 42. The number of carbonyl (C=O) groups is 1. The average molecular weight is 824 g/mol. The van der Waals surface area contributed by atoms with Crippen LogP contribution in [0.15, 0.2) is 48.6 Å². The van der Waals surface area contributed by atoms with Crippen LogP contribution in [0.2, 0.25) is 0 Å². The van der Waals surface area contributed by atoms with E-state index in [-0.39, 0.29) is 19.1 Å². The molecule has 0 aliphatic rings. The van der Waals surface area contributed by atoms with Crippen LogP contribution >= 0.6 is 7.82 Å². The van der Waals surface area contributed by atoms with Gasteiger partial charge in [-0.15, -0.1) is 0 Å². The monoisotopic (exact) mass is 824 g/mol. The highest BCUT2D eigenvalue weighted by molar-refractivity contribution is 7.47. The molecule has 0 rings (SSSR count). The molecule has 0 saturated heterocycles. The second-order valence-electron chi connectivity index (χ2n) is 17.1. The molecule has 0 aliphatic carbocycles. The average Bonchev–Trinajstić information content (AvgIpc) is 3.16. The summed E-state index contributed by atoms with van der Waals surface area (Å²) in [5, 5.41) is 13.7. The zero-order valence-corrected chi connectivity index (χ0v) is 38.7. The van der Waals surface area contributed by atoms with Gasteiger partial charge in [-0.2, -0.15) is 0 Å². The summed E-state index contributed by atoms with van der Waals surface area (Å²) in [5.74, 6) is -0.191. The van der Waals surface area contributed by atoms with Gasteiger partial charge >= 0.3 is 7.82 Å². The van der Waals surface area contributed by atoms with Crippen LogP contribution < -0.4 is 5.32 Å². The van der Waals surface area contributed by atoms with Crippen LogP contribution in [0, 0.1) is 0 Å². The van der Waals surface area contributed by atoms with Crippen molar-refractivity contribution in [3.63, 3.8) is 0 Å². The number of likely N-dealkylation sites (N-methyl/N-ethyl adjacent to an activating group) is 1. The Bertz CT molecular complexity index is 1070. The van der Waals surface area contributed by atoms with Crippen LogP contribution in [0.25, 0.3) is 0 Å². The van der Waals surface area contributed by atoms with E-state index in [1.165, 1.54) is 135 Å². The zero-order valence-electron chi connectivity index (χ0n) is 37.8.